The van der Waals surface area contributed by atoms with Crippen LogP contribution in [0.3, 0.4) is 0 Å². The second-order valence-corrected chi connectivity index (χ2v) is 20.2. The SMILES string of the molecule is CC/C=C\C/C=C\C/C=C\C/C=C\C/C=C\C/C=C\C/C=C\CCCCCCCCCC(=O)OCC(COC(=O)CCCCCCC/C=C\CCC)OC(=O)CCCCCCCCC/C=C\CCCCCCCC. The smallest absolute Gasteiger partial charge is 0.306 e. The second kappa shape index (κ2) is 61.6. The lowest BCUT2D eigenvalue weighted by Crippen LogP contribution is -2.30. The maximum atomic E-state index is 12.9. The fourth-order valence-electron chi connectivity index (χ4n) is 8.36. The van der Waals surface area contributed by atoms with Crippen LogP contribution in [0.4, 0.5) is 0 Å². The monoisotopic (exact) mass is 1030 g/mol. The molecule has 0 aromatic heterocycles. The van der Waals surface area contributed by atoms with Crippen molar-refractivity contribution in [2.24, 2.45) is 0 Å². The van der Waals surface area contributed by atoms with E-state index in [9.17, 15) is 14.4 Å². The minimum absolute atomic E-state index is 0.0878. The summed E-state index contributed by atoms with van der Waals surface area (Å²) >= 11 is 0. The summed E-state index contributed by atoms with van der Waals surface area (Å²) in [4.78, 5) is 38.2. The summed E-state index contributed by atoms with van der Waals surface area (Å²) in [6, 6.07) is 0. The first-order valence-electron chi connectivity index (χ1n) is 30.9. The van der Waals surface area contributed by atoms with Crippen LogP contribution in [0.15, 0.2) is 109 Å². The van der Waals surface area contributed by atoms with Gasteiger partial charge in [-0.25, -0.2) is 0 Å². The number of unbranched alkanes of at least 4 members (excludes halogenated alkanes) is 26. The van der Waals surface area contributed by atoms with Crippen LogP contribution in [0.1, 0.15) is 284 Å². The van der Waals surface area contributed by atoms with Gasteiger partial charge >= 0.3 is 17.9 Å². The molecule has 0 saturated carbocycles. The summed E-state index contributed by atoms with van der Waals surface area (Å²) in [5.74, 6) is -0.910. The van der Waals surface area contributed by atoms with E-state index in [1.54, 1.807) is 0 Å². The van der Waals surface area contributed by atoms with Crippen molar-refractivity contribution < 1.29 is 28.6 Å². The zero-order valence-corrected chi connectivity index (χ0v) is 48.3. The predicted octanol–water partition coefficient (Wildman–Crippen LogP) is 21.0. The Kier molecular flexibility index (Phi) is 58.3. The van der Waals surface area contributed by atoms with Gasteiger partial charge in [0.25, 0.3) is 0 Å². The average Bonchev–Trinajstić information content (AvgIpc) is 3.40. The molecule has 0 spiro atoms. The quantitative estimate of drug-likeness (QED) is 0.0261. The van der Waals surface area contributed by atoms with Crippen molar-refractivity contribution in [2.75, 3.05) is 13.2 Å². The van der Waals surface area contributed by atoms with E-state index < -0.39 is 6.10 Å². The van der Waals surface area contributed by atoms with Crippen LogP contribution in [0, 0.1) is 0 Å². The maximum Gasteiger partial charge on any atom is 0.306 e. The van der Waals surface area contributed by atoms with E-state index >= 15 is 0 Å². The predicted molar refractivity (Wildman–Crippen MR) is 320 cm³/mol. The number of carbonyl (C=O) groups is 3. The van der Waals surface area contributed by atoms with E-state index in [1.165, 1.54) is 116 Å². The number of esters is 3. The van der Waals surface area contributed by atoms with Crippen LogP contribution in [0.2, 0.25) is 0 Å². The van der Waals surface area contributed by atoms with Gasteiger partial charge in [0.2, 0.25) is 0 Å². The highest BCUT2D eigenvalue weighted by Gasteiger charge is 2.19. The fourth-order valence-corrected chi connectivity index (χ4v) is 8.36. The second-order valence-electron chi connectivity index (χ2n) is 20.2. The number of ether oxygens (including phenoxy) is 3. The van der Waals surface area contributed by atoms with Crippen molar-refractivity contribution in [3.63, 3.8) is 0 Å². The Bertz CT molecular complexity index is 1510. The van der Waals surface area contributed by atoms with Gasteiger partial charge in [-0.05, 0) is 122 Å². The molecule has 1 unspecified atom stereocenters. The molecule has 0 heterocycles. The molecule has 422 valence electrons. The van der Waals surface area contributed by atoms with E-state index in [2.05, 4.69) is 130 Å². The first-order valence-corrected chi connectivity index (χ1v) is 30.9. The zero-order valence-electron chi connectivity index (χ0n) is 48.3. The van der Waals surface area contributed by atoms with Crippen LogP contribution in [0.5, 0.6) is 0 Å². The Morgan fingerprint density at radius 3 is 0.892 bits per heavy atom. The molecule has 0 fully saturated rings. The van der Waals surface area contributed by atoms with Gasteiger partial charge in [-0.1, -0.05) is 252 Å². The molecule has 0 aliphatic heterocycles. The van der Waals surface area contributed by atoms with Crippen LogP contribution < -0.4 is 0 Å². The average molecular weight is 1030 g/mol. The van der Waals surface area contributed by atoms with Gasteiger partial charge in [0.1, 0.15) is 13.2 Å². The fraction of sp³-hybridized carbons (Fsp3) is 0.691. The van der Waals surface area contributed by atoms with E-state index in [4.69, 9.17) is 14.2 Å². The summed E-state index contributed by atoms with van der Waals surface area (Å²) < 4.78 is 16.8. The summed E-state index contributed by atoms with van der Waals surface area (Å²) in [6.45, 7) is 6.45. The van der Waals surface area contributed by atoms with E-state index in [-0.39, 0.29) is 31.1 Å². The van der Waals surface area contributed by atoms with Gasteiger partial charge < -0.3 is 14.2 Å². The number of hydrogen-bond acceptors (Lipinski definition) is 6. The molecule has 0 radical (unpaired) electrons. The molecule has 0 saturated heterocycles. The molecular weight excluding hydrogens is 913 g/mol. The van der Waals surface area contributed by atoms with Gasteiger partial charge in [-0.3, -0.25) is 14.4 Å². The zero-order chi connectivity index (χ0) is 53.6. The van der Waals surface area contributed by atoms with Crippen molar-refractivity contribution >= 4 is 17.9 Å². The highest BCUT2D eigenvalue weighted by Crippen LogP contribution is 2.15. The van der Waals surface area contributed by atoms with E-state index in [0.717, 1.165) is 128 Å². The molecule has 0 amide bonds. The number of allylic oxidation sites excluding steroid dienone is 18. The van der Waals surface area contributed by atoms with Crippen LogP contribution >= 0.6 is 0 Å². The Balaban J connectivity index is 4.28. The molecular formula is C68H114O6. The van der Waals surface area contributed by atoms with Crippen LogP contribution in [-0.2, 0) is 28.6 Å². The molecule has 6 nitrogen and oxygen atoms in total. The minimum atomic E-state index is -0.789. The molecule has 6 heteroatoms. The topological polar surface area (TPSA) is 78.9 Å². The highest BCUT2D eigenvalue weighted by molar-refractivity contribution is 5.71. The molecule has 0 aliphatic carbocycles. The van der Waals surface area contributed by atoms with Crippen molar-refractivity contribution in [1.82, 2.24) is 0 Å². The Morgan fingerprint density at radius 2 is 0.554 bits per heavy atom. The lowest BCUT2D eigenvalue weighted by molar-refractivity contribution is -0.167. The standard InChI is InChI=1S/C68H114O6/c1-4-7-10-13-16-19-22-24-26-28-29-30-31-32-33-34-35-36-37-38-39-41-42-44-46-49-52-55-58-61-67(70)73-64-65(63-72-66(69)60-57-54-51-48-21-18-15-12-9-6-3)74-68(71)62-59-56-53-50-47-45-43-40-27-25-23-20-17-14-11-8-5-2/h7,10,12,15-16,19,24-27,29-30,32-33,35-36,38-39,65H,4-6,8-9,11,13-14,17-18,20-23,28,31,34,37,40-64H2,1-3H3/b10-7-,15-12-,19-16-,26-24-,27-25-,30-29-,33-32-,36-35-,39-38-. The summed E-state index contributed by atoms with van der Waals surface area (Å²) in [5.41, 5.74) is 0. The molecule has 0 bridgehead atoms. The molecule has 0 N–H and O–H groups in total. The van der Waals surface area contributed by atoms with Gasteiger partial charge in [0.05, 0.1) is 0 Å². The third-order valence-corrected chi connectivity index (χ3v) is 13.0. The van der Waals surface area contributed by atoms with Crippen molar-refractivity contribution in [1.29, 1.82) is 0 Å². The number of rotatable bonds is 55. The Hall–Kier alpha value is -3.93. The van der Waals surface area contributed by atoms with Crippen molar-refractivity contribution in [3.8, 4) is 0 Å². The largest absolute Gasteiger partial charge is 0.462 e. The Morgan fingerprint density at radius 1 is 0.284 bits per heavy atom. The third-order valence-electron chi connectivity index (χ3n) is 13.0. The molecule has 74 heavy (non-hydrogen) atoms. The summed E-state index contributed by atoms with van der Waals surface area (Å²) in [7, 11) is 0. The molecule has 0 rings (SSSR count). The Labute approximate surface area is 457 Å². The molecule has 0 aromatic carbocycles. The normalized spacial score (nSPS) is 12.9. The summed E-state index contributed by atoms with van der Waals surface area (Å²) in [6.07, 6.45) is 83.8. The van der Waals surface area contributed by atoms with Crippen LogP contribution in [0.25, 0.3) is 0 Å². The third kappa shape index (κ3) is 59.0. The van der Waals surface area contributed by atoms with Crippen LogP contribution in [-0.4, -0.2) is 37.2 Å². The molecule has 0 aliphatic rings. The number of hydrogen-bond donors (Lipinski definition) is 0. The lowest BCUT2D eigenvalue weighted by Gasteiger charge is -2.18. The summed E-state index contributed by atoms with van der Waals surface area (Å²) in [5, 5.41) is 0. The molecule has 0 aromatic rings. The maximum absolute atomic E-state index is 12.9. The first kappa shape index (κ1) is 70.1. The van der Waals surface area contributed by atoms with Gasteiger partial charge in [-0.2, -0.15) is 0 Å². The molecule has 1 atom stereocenters. The number of carbonyl (C=O) groups excluding carboxylic acids is 3. The minimum Gasteiger partial charge on any atom is -0.462 e. The highest BCUT2D eigenvalue weighted by atomic mass is 16.6. The van der Waals surface area contributed by atoms with Gasteiger partial charge in [-0.15, -0.1) is 0 Å². The van der Waals surface area contributed by atoms with E-state index in [0.29, 0.717) is 19.3 Å². The van der Waals surface area contributed by atoms with Gasteiger partial charge in [0.15, 0.2) is 6.10 Å². The van der Waals surface area contributed by atoms with Crippen molar-refractivity contribution in [2.45, 2.75) is 290 Å². The van der Waals surface area contributed by atoms with E-state index in [1.807, 2.05) is 0 Å². The first-order chi connectivity index (χ1) is 36.5. The van der Waals surface area contributed by atoms with Gasteiger partial charge in [0, 0.05) is 19.3 Å². The lowest BCUT2D eigenvalue weighted by atomic mass is 10.1. The van der Waals surface area contributed by atoms with Crippen molar-refractivity contribution in [3.05, 3.63) is 109 Å².